The van der Waals surface area contributed by atoms with Gasteiger partial charge in [0, 0.05) is 10.8 Å². The van der Waals surface area contributed by atoms with Crippen molar-refractivity contribution in [2.75, 3.05) is 5.75 Å². The summed E-state index contributed by atoms with van der Waals surface area (Å²) in [6.45, 7) is 0.526. The van der Waals surface area contributed by atoms with E-state index in [9.17, 15) is 14.4 Å². The van der Waals surface area contributed by atoms with Gasteiger partial charge >= 0.3 is 0 Å². The second-order valence-electron chi connectivity index (χ2n) is 8.35. The van der Waals surface area contributed by atoms with E-state index >= 15 is 0 Å². The molecule has 1 fully saturated rings. The summed E-state index contributed by atoms with van der Waals surface area (Å²) in [6, 6.07) is 29.0. The molecule has 3 aromatic rings. The molecule has 3 aromatic carbocycles. The van der Waals surface area contributed by atoms with Gasteiger partial charge in [-0.25, -0.2) is 0 Å². The van der Waals surface area contributed by atoms with Gasteiger partial charge in [-0.3, -0.25) is 4.21 Å². The Bertz CT molecular complexity index is 999. The van der Waals surface area contributed by atoms with Crippen LogP contribution in [0.1, 0.15) is 16.7 Å². The fourth-order valence-corrected chi connectivity index (χ4v) is 5.90. The number of hydrogen-bond donors (Lipinski definition) is 2. The van der Waals surface area contributed by atoms with Gasteiger partial charge in [0.25, 0.3) is 0 Å². The summed E-state index contributed by atoms with van der Waals surface area (Å²) >= 11 is 0. The van der Waals surface area contributed by atoms with Crippen LogP contribution in [-0.2, 0) is 39.9 Å². The highest BCUT2D eigenvalue weighted by Gasteiger charge is 2.45. The lowest BCUT2D eigenvalue weighted by molar-refractivity contribution is -0.134. The minimum absolute atomic E-state index is 0.133. The van der Waals surface area contributed by atoms with E-state index in [1.165, 1.54) is 0 Å². The molecule has 2 N–H and O–H groups in total. The molecule has 4 rings (SSSR count). The molecule has 0 saturated carbocycles. The number of benzene rings is 3. The van der Waals surface area contributed by atoms with E-state index in [0.29, 0.717) is 6.42 Å². The Kier molecular flexibility index (Phi) is 8.42. The molecule has 6 atom stereocenters. The first-order valence-corrected chi connectivity index (χ1v) is 12.6. The van der Waals surface area contributed by atoms with Crippen LogP contribution >= 0.6 is 0 Å². The zero-order valence-corrected chi connectivity index (χ0v) is 19.2. The van der Waals surface area contributed by atoms with Crippen LogP contribution in [0.3, 0.4) is 0 Å². The first-order valence-electron chi connectivity index (χ1n) is 11.2. The maximum atomic E-state index is 13.5. The standard InChI is InChI=1S/C27H30O5S/c28-25-23(31-17-21-12-6-2-7-13-21)19-33(30)24(16-20-10-4-1-5-11-20)27(26(25)29)32-18-22-14-8-3-9-15-22/h1-15,23-29H,16-19H2. The van der Waals surface area contributed by atoms with Crippen LogP contribution in [0.2, 0.25) is 0 Å². The van der Waals surface area contributed by atoms with Gasteiger partial charge in [-0.1, -0.05) is 91.0 Å². The van der Waals surface area contributed by atoms with E-state index in [2.05, 4.69) is 0 Å². The quantitative estimate of drug-likeness (QED) is 0.533. The predicted molar refractivity (Wildman–Crippen MR) is 129 cm³/mol. The zero-order valence-electron chi connectivity index (χ0n) is 18.4. The minimum atomic E-state index is -1.38. The maximum absolute atomic E-state index is 13.5. The van der Waals surface area contributed by atoms with Crippen molar-refractivity contribution in [2.45, 2.75) is 49.3 Å². The van der Waals surface area contributed by atoms with Gasteiger partial charge in [-0.05, 0) is 23.1 Å². The third-order valence-corrected chi connectivity index (χ3v) is 7.74. The summed E-state index contributed by atoms with van der Waals surface area (Å²) in [6.07, 6.45) is -3.52. The van der Waals surface area contributed by atoms with Crippen LogP contribution in [0.15, 0.2) is 91.0 Å². The summed E-state index contributed by atoms with van der Waals surface area (Å²) in [5.41, 5.74) is 2.91. The molecular weight excluding hydrogens is 436 g/mol. The summed E-state index contributed by atoms with van der Waals surface area (Å²) < 4.78 is 25.6. The maximum Gasteiger partial charge on any atom is 0.110 e. The molecule has 0 radical (unpaired) electrons. The van der Waals surface area contributed by atoms with E-state index in [-0.39, 0.29) is 19.0 Å². The van der Waals surface area contributed by atoms with E-state index in [1.807, 2.05) is 91.0 Å². The Morgan fingerprint density at radius 3 is 1.73 bits per heavy atom. The van der Waals surface area contributed by atoms with Gasteiger partial charge in [0.15, 0.2) is 0 Å². The molecule has 5 nitrogen and oxygen atoms in total. The minimum Gasteiger partial charge on any atom is -0.388 e. The SMILES string of the molecule is O=S1CC(OCc2ccccc2)C(O)C(O)C(OCc2ccccc2)C1Cc1ccccc1. The molecule has 0 amide bonds. The Morgan fingerprint density at radius 2 is 1.18 bits per heavy atom. The fourth-order valence-electron chi connectivity index (χ4n) is 4.12. The smallest absolute Gasteiger partial charge is 0.110 e. The number of ether oxygens (including phenoxy) is 2. The van der Waals surface area contributed by atoms with Gasteiger partial charge < -0.3 is 19.7 Å². The van der Waals surface area contributed by atoms with Crippen molar-refractivity contribution in [1.82, 2.24) is 0 Å². The van der Waals surface area contributed by atoms with Crippen LogP contribution in [-0.4, -0.2) is 49.8 Å². The highest BCUT2D eigenvalue weighted by atomic mass is 32.2. The molecule has 1 aliphatic rings. The van der Waals surface area contributed by atoms with E-state index in [1.54, 1.807) is 0 Å². The van der Waals surface area contributed by atoms with Crippen molar-refractivity contribution < 1.29 is 23.9 Å². The summed E-state index contributed by atoms with van der Waals surface area (Å²) in [4.78, 5) is 0. The van der Waals surface area contributed by atoms with Gasteiger partial charge in [0.2, 0.25) is 0 Å². The molecule has 0 aromatic heterocycles. The van der Waals surface area contributed by atoms with Crippen molar-refractivity contribution in [2.24, 2.45) is 0 Å². The van der Waals surface area contributed by atoms with E-state index < -0.39 is 40.5 Å². The van der Waals surface area contributed by atoms with Crippen molar-refractivity contribution in [3.63, 3.8) is 0 Å². The average Bonchev–Trinajstić information content (AvgIpc) is 2.94. The fraction of sp³-hybridized carbons (Fsp3) is 0.333. The Hall–Kier alpha value is -2.35. The average molecular weight is 467 g/mol. The van der Waals surface area contributed by atoms with Crippen molar-refractivity contribution >= 4 is 10.8 Å². The van der Waals surface area contributed by atoms with Crippen LogP contribution in [0, 0.1) is 0 Å². The van der Waals surface area contributed by atoms with Crippen molar-refractivity contribution in [3.8, 4) is 0 Å². The van der Waals surface area contributed by atoms with Gasteiger partial charge in [-0.2, -0.15) is 0 Å². The van der Waals surface area contributed by atoms with Crippen molar-refractivity contribution in [3.05, 3.63) is 108 Å². The largest absolute Gasteiger partial charge is 0.388 e. The summed E-state index contributed by atoms with van der Waals surface area (Å²) in [7, 11) is -1.38. The lowest BCUT2D eigenvalue weighted by Crippen LogP contribution is -2.48. The van der Waals surface area contributed by atoms with E-state index in [0.717, 1.165) is 16.7 Å². The molecule has 0 bridgehead atoms. The molecule has 6 heteroatoms. The number of aliphatic hydroxyl groups excluding tert-OH is 2. The molecule has 33 heavy (non-hydrogen) atoms. The number of aliphatic hydroxyl groups is 2. The lowest BCUT2D eigenvalue weighted by atomic mass is 9.97. The summed E-state index contributed by atoms with van der Waals surface area (Å²) in [5.74, 6) is 0.133. The second kappa shape index (κ2) is 11.7. The Morgan fingerprint density at radius 1 is 0.697 bits per heavy atom. The normalized spacial score (nSPS) is 27.7. The molecular formula is C27H30O5S. The van der Waals surface area contributed by atoms with E-state index in [4.69, 9.17) is 9.47 Å². The summed E-state index contributed by atoms with van der Waals surface area (Å²) in [5, 5.41) is 21.6. The topological polar surface area (TPSA) is 76.0 Å². The first kappa shape index (κ1) is 23.8. The van der Waals surface area contributed by atoms with Crippen LogP contribution in [0.25, 0.3) is 0 Å². The van der Waals surface area contributed by atoms with Gasteiger partial charge in [0.05, 0.1) is 30.3 Å². The molecule has 0 aliphatic carbocycles. The predicted octanol–water partition coefficient (Wildman–Crippen LogP) is 3.25. The molecule has 6 unspecified atom stereocenters. The molecule has 174 valence electrons. The van der Waals surface area contributed by atoms with Crippen molar-refractivity contribution in [1.29, 1.82) is 0 Å². The highest BCUT2D eigenvalue weighted by molar-refractivity contribution is 7.85. The molecule has 1 heterocycles. The third kappa shape index (κ3) is 6.37. The first-order chi connectivity index (χ1) is 16.1. The highest BCUT2D eigenvalue weighted by Crippen LogP contribution is 2.27. The second-order valence-corrected chi connectivity index (χ2v) is 10.1. The molecule has 1 saturated heterocycles. The molecule has 1 aliphatic heterocycles. The number of rotatable bonds is 8. The van der Waals surface area contributed by atoms with Crippen LogP contribution < -0.4 is 0 Å². The lowest BCUT2D eigenvalue weighted by Gasteiger charge is -2.30. The van der Waals surface area contributed by atoms with Gasteiger partial charge in [0.1, 0.15) is 18.3 Å². The zero-order chi connectivity index (χ0) is 23.0. The Labute approximate surface area is 197 Å². The number of hydrogen-bond acceptors (Lipinski definition) is 5. The molecule has 0 spiro atoms. The Balaban J connectivity index is 1.54. The monoisotopic (exact) mass is 466 g/mol. The van der Waals surface area contributed by atoms with Gasteiger partial charge in [-0.15, -0.1) is 0 Å². The van der Waals surface area contributed by atoms with Crippen LogP contribution in [0.4, 0.5) is 0 Å². The third-order valence-electron chi connectivity index (χ3n) is 5.97. The van der Waals surface area contributed by atoms with Crippen LogP contribution in [0.5, 0.6) is 0 Å².